The number of hydrogen-bond acceptors (Lipinski definition) is 3. The summed E-state index contributed by atoms with van der Waals surface area (Å²) in [5, 5.41) is 0. The summed E-state index contributed by atoms with van der Waals surface area (Å²) in [5.74, 6) is 1.24. The molecule has 0 radical (unpaired) electrons. The first-order chi connectivity index (χ1) is 6.24. The van der Waals surface area contributed by atoms with Crippen molar-refractivity contribution in [2.24, 2.45) is 0 Å². The van der Waals surface area contributed by atoms with Crippen LogP contribution in [0.1, 0.15) is 26.7 Å². The number of amides is 1. The molecule has 1 amide bonds. The highest BCUT2D eigenvalue weighted by atomic mass is 32.2. The van der Waals surface area contributed by atoms with Crippen LogP contribution in [-0.2, 0) is 4.79 Å². The van der Waals surface area contributed by atoms with Gasteiger partial charge < -0.3 is 4.31 Å². The normalized spacial score (nSPS) is 15.5. The van der Waals surface area contributed by atoms with E-state index in [0.717, 1.165) is 5.75 Å². The molecule has 0 unspecified atom stereocenters. The van der Waals surface area contributed by atoms with Crippen LogP contribution in [0.5, 0.6) is 0 Å². The van der Waals surface area contributed by atoms with Crippen LogP contribution in [0.4, 0.5) is 0 Å². The summed E-state index contributed by atoms with van der Waals surface area (Å²) in [5.41, 5.74) is 0. The Morgan fingerprint density at radius 2 is 2.31 bits per heavy atom. The molecule has 1 rings (SSSR count). The summed E-state index contributed by atoms with van der Waals surface area (Å²) in [7, 11) is 0. The fraction of sp³-hybridized carbons (Fsp3) is 0.667. The molecule has 74 valence electrons. The standard InChI is InChI=1S/C9H16N2OS/c1-3-4-7-13-11-6-5-10(8-11)9(2)12/h5-6H,3-4,7-8H2,1-2H3. The van der Waals surface area contributed by atoms with Gasteiger partial charge in [0.05, 0.1) is 0 Å². The second-order valence-electron chi connectivity index (χ2n) is 3.03. The van der Waals surface area contributed by atoms with E-state index in [2.05, 4.69) is 11.2 Å². The van der Waals surface area contributed by atoms with E-state index in [1.807, 2.05) is 12.4 Å². The molecule has 0 bridgehead atoms. The fourth-order valence-electron chi connectivity index (χ4n) is 1.01. The minimum absolute atomic E-state index is 0.106. The number of rotatable bonds is 4. The first-order valence-corrected chi connectivity index (χ1v) is 5.53. The van der Waals surface area contributed by atoms with Gasteiger partial charge in [-0.3, -0.25) is 9.69 Å². The number of nitrogens with zero attached hydrogens (tertiary/aromatic N) is 2. The smallest absolute Gasteiger partial charge is 0.224 e. The summed E-state index contributed by atoms with van der Waals surface area (Å²) < 4.78 is 2.09. The van der Waals surface area contributed by atoms with Gasteiger partial charge in [0.15, 0.2) is 0 Å². The minimum atomic E-state index is 0.106. The molecule has 0 saturated carbocycles. The Bertz CT molecular complexity index is 206. The van der Waals surface area contributed by atoms with Crippen LogP contribution < -0.4 is 0 Å². The van der Waals surface area contributed by atoms with Crippen molar-refractivity contribution < 1.29 is 4.79 Å². The molecule has 13 heavy (non-hydrogen) atoms. The molecule has 1 aliphatic rings. The van der Waals surface area contributed by atoms with Crippen LogP contribution in [0, 0.1) is 0 Å². The van der Waals surface area contributed by atoms with Crippen molar-refractivity contribution in [3.05, 3.63) is 12.4 Å². The Morgan fingerprint density at radius 1 is 1.54 bits per heavy atom. The molecule has 0 aromatic rings. The first-order valence-electron chi connectivity index (χ1n) is 4.59. The van der Waals surface area contributed by atoms with Crippen LogP contribution in [-0.4, -0.2) is 27.5 Å². The molecule has 0 aliphatic carbocycles. The Balaban J connectivity index is 2.19. The van der Waals surface area contributed by atoms with E-state index in [-0.39, 0.29) is 5.91 Å². The fourth-order valence-corrected chi connectivity index (χ4v) is 2.01. The van der Waals surface area contributed by atoms with Crippen LogP contribution in [0.3, 0.4) is 0 Å². The molecule has 4 heteroatoms. The number of carbonyl (C=O) groups is 1. The average molecular weight is 200 g/mol. The lowest BCUT2D eigenvalue weighted by Gasteiger charge is -2.17. The molecule has 0 atom stereocenters. The predicted molar refractivity (Wildman–Crippen MR) is 55.7 cm³/mol. The molecule has 1 heterocycles. The zero-order valence-electron chi connectivity index (χ0n) is 8.19. The van der Waals surface area contributed by atoms with E-state index in [1.165, 1.54) is 12.8 Å². The van der Waals surface area contributed by atoms with Crippen molar-refractivity contribution >= 4 is 17.9 Å². The quantitative estimate of drug-likeness (QED) is 0.512. The Kier molecular flexibility index (Phi) is 4.15. The monoisotopic (exact) mass is 200 g/mol. The lowest BCUT2D eigenvalue weighted by Crippen LogP contribution is -2.25. The largest absolute Gasteiger partial charge is 0.302 e. The van der Waals surface area contributed by atoms with E-state index in [0.29, 0.717) is 6.67 Å². The highest BCUT2D eigenvalue weighted by Gasteiger charge is 2.14. The maximum absolute atomic E-state index is 11.0. The van der Waals surface area contributed by atoms with E-state index in [4.69, 9.17) is 0 Å². The zero-order valence-corrected chi connectivity index (χ0v) is 9.01. The van der Waals surface area contributed by atoms with Crippen molar-refractivity contribution in [2.75, 3.05) is 12.4 Å². The second-order valence-corrected chi connectivity index (χ2v) is 4.17. The third kappa shape index (κ3) is 3.30. The van der Waals surface area contributed by atoms with Crippen LogP contribution in [0.25, 0.3) is 0 Å². The molecule has 0 saturated heterocycles. The van der Waals surface area contributed by atoms with Gasteiger partial charge in [-0.15, -0.1) is 0 Å². The van der Waals surface area contributed by atoms with Crippen LogP contribution in [0.15, 0.2) is 12.4 Å². The summed E-state index contributed by atoms with van der Waals surface area (Å²) in [6.07, 6.45) is 6.25. The predicted octanol–water partition coefficient (Wildman–Crippen LogP) is 2.03. The lowest BCUT2D eigenvalue weighted by atomic mass is 10.4. The summed E-state index contributed by atoms with van der Waals surface area (Å²) in [6, 6.07) is 0. The van der Waals surface area contributed by atoms with Crippen molar-refractivity contribution in [2.45, 2.75) is 26.7 Å². The van der Waals surface area contributed by atoms with Crippen LogP contribution in [0.2, 0.25) is 0 Å². The third-order valence-electron chi connectivity index (χ3n) is 1.86. The topological polar surface area (TPSA) is 23.6 Å². The Morgan fingerprint density at radius 3 is 2.85 bits per heavy atom. The molecular weight excluding hydrogens is 184 g/mol. The highest BCUT2D eigenvalue weighted by molar-refractivity contribution is 7.97. The molecule has 0 N–H and O–H groups in total. The Hall–Kier alpha value is -0.640. The van der Waals surface area contributed by atoms with Gasteiger partial charge in [-0.25, -0.2) is 0 Å². The van der Waals surface area contributed by atoms with Gasteiger partial charge in [0, 0.05) is 25.1 Å². The van der Waals surface area contributed by atoms with Gasteiger partial charge >= 0.3 is 0 Å². The summed E-state index contributed by atoms with van der Waals surface area (Å²) >= 11 is 1.78. The van der Waals surface area contributed by atoms with Gasteiger partial charge in [-0.05, 0) is 18.4 Å². The second kappa shape index (κ2) is 5.17. The minimum Gasteiger partial charge on any atom is -0.302 e. The van der Waals surface area contributed by atoms with Gasteiger partial charge in [-0.2, -0.15) is 0 Å². The van der Waals surface area contributed by atoms with E-state index in [1.54, 1.807) is 23.8 Å². The van der Waals surface area contributed by atoms with Gasteiger partial charge in [0.1, 0.15) is 6.67 Å². The molecular formula is C9H16N2OS. The number of unbranched alkanes of at least 4 members (excludes halogenated alkanes) is 1. The van der Waals surface area contributed by atoms with E-state index in [9.17, 15) is 4.79 Å². The average Bonchev–Trinajstić information content (AvgIpc) is 2.53. The highest BCUT2D eigenvalue weighted by Crippen LogP contribution is 2.18. The SMILES string of the molecule is CCCCSN1C=CN(C(C)=O)C1. The summed E-state index contributed by atoms with van der Waals surface area (Å²) in [4.78, 5) is 12.7. The van der Waals surface area contributed by atoms with Crippen molar-refractivity contribution in [3.8, 4) is 0 Å². The van der Waals surface area contributed by atoms with Crippen molar-refractivity contribution in [1.82, 2.24) is 9.21 Å². The molecule has 0 aromatic carbocycles. The first kappa shape index (κ1) is 10.4. The molecule has 0 aromatic heterocycles. The van der Waals surface area contributed by atoms with Gasteiger partial charge in [-0.1, -0.05) is 13.3 Å². The Labute approximate surface area is 83.9 Å². The lowest BCUT2D eigenvalue weighted by molar-refractivity contribution is -0.126. The molecule has 0 spiro atoms. The van der Waals surface area contributed by atoms with E-state index < -0.39 is 0 Å². The zero-order chi connectivity index (χ0) is 9.68. The molecule has 1 aliphatic heterocycles. The number of hydrogen-bond donors (Lipinski definition) is 0. The van der Waals surface area contributed by atoms with E-state index >= 15 is 0 Å². The molecule has 0 fully saturated rings. The molecule has 3 nitrogen and oxygen atoms in total. The van der Waals surface area contributed by atoms with Gasteiger partial charge in [0.2, 0.25) is 5.91 Å². The maximum atomic E-state index is 11.0. The van der Waals surface area contributed by atoms with Gasteiger partial charge in [0.25, 0.3) is 0 Å². The van der Waals surface area contributed by atoms with Crippen molar-refractivity contribution in [3.63, 3.8) is 0 Å². The van der Waals surface area contributed by atoms with Crippen LogP contribution >= 0.6 is 11.9 Å². The third-order valence-corrected chi connectivity index (χ3v) is 2.90. The summed E-state index contributed by atoms with van der Waals surface area (Å²) in [6.45, 7) is 4.47. The van der Waals surface area contributed by atoms with Crippen molar-refractivity contribution in [1.29, 1.82) is 0 Å². The number of carbonyl (C=O) groups excluding carboxylic acids is 1. The maximum Gasteiger partial charge on any atom is 0.224 e.